The van der Waals surface area contributed by atoms with E-state index < -0.39 is 0 Å². The molecule has 0 spiro atoms. The second-order valence-corrected chi connectivity index (χ2v) is 13.8. The normalized spacial score (nSPS) is 26.5. The van der Waals surface area contributed by atoms with Gasteiger partial charge >= 0.3 is 0 Å². The van der Waals surface area contributed by atoms with Crippen LogP contribution in [0.4, 0.5) is 5.69 Å². The first kappa shape index (κ1) is 29.7. The van der Waals surface area contributed by atoms with Gasteiger partial charge in [-0.3, -0.25) is 9.59 Å². The predicted octanol–water partition coefficient (Wildman–Crippen LogP) is 7.49. The zero-order valence-electron chi connectivity index (χ0n) is 25.5. The van der Waals surface area contributed by atoms with Gasteiger partial charge in [-0.25, -0.2) is 4.98 Å². The number of benzene rings is 2. The number of aryl methyl sites for hydroxylation is 1. The van der Waals surface area contributed by atoms with Crippen molar-refractivity contribution < 1.29 is 23.8 Å². The Morgan fingerprint density at radius 3 is 2.37 bits per heavy atom. The molecule has 2 aromatic carbocycles. The van der Waals surface area contributed by atoms with Gasteiger partial charge in [-0.2, -0.15) is 0 Å². The summed E-state index contributed by atoms with van der Waals surface area (Å²) in [7, 11) is 3.36. The van der Waals surface area contributed by atoms with Crippen LogP contribution in [0.2, 0.25) is 0 Å². The van der Waals surface area contributed by atoms with E-state index in [0.29, 0.717) is 11.7 Å². The van der Waals surface area contributed by atoms with E-state index in [9.17, 15) is 9.59 Å². The maximum atomic E-state index is 14.4. The van der Waals surface area contributed by atoms with Crippen molar-refractivity contribution in [1.82, 2.24) is 4.98 Å². The Kier molecular flexibility index (Phi) is 8.49. The summed E-state index contributed by atoms with van der Waals surface area (Å²) in [4.78, 5) is 32.7. The highest BCUT2D eigenvalue weighted by molar-refractivity contribution is 7.16. The van der Waals surface area contributed by atoms with Crippen LogP contribution < -0.4 is 14.4 Å². The molecule has 7 nitrogen and oxygen atoms in total. The van der Waals surface area contributed by atoms with E-state index in [4.69, 9.17) is 14.2 Å². The Hall–Kier alpha value is -3.39. The summed E-state index contributed by atoms with van der Waals surface area (Å²) < 4.78 is 16.1. The molecule has 0 aliphatic heterocycles. The van der Waals surface area contributed by atoms with Crippen LogP contribution in [-0.4, -0.2) is 44.2 Å². The number of amides is 1. The molecule has 4 aliphatic rings. The molecule has 0 N–H and O–H groups in total. The van der Waals surface area contributed by atoms with Crippen molar-refractivity contribution in [1.29, 1.82) is 0 Å². The van der Waals surface area contributed by atoms with Crippen molar-refractivity contribution >= 4 is 29.4 Å². The topological polar surface area (TPSA) is 78.0 Å². The van der Waals surface area contributed by atoms with E-state index in [0.717, 1.165) is 92.6 Å². The van der Waals surface area contributed by atoms with Gasteiger partial charge in [0.25, 0.3) is 11.7 Å². The van der Waals surface area contributed by atoms with Crippen LogP contribution in [0, 0.1) is 18.3 Å². The molecule has 8 heteroatoms. The number of hydrogen-bond acceptors (Lipinski definition) is 7. The molecule has 7 rings (SSSR count). The lowest BCUT2D eigenvalue weighted by Crippen LogP contribution is -2.51. The third kappa shape index (κ3) is 5.91. The Morgan fingerprint density at radius 2 is 1.74 bits per heavy atom. The summed E-state index contributed by atoms with van der Waals surface area (Å²) in [6.45, 7) is 3.41. The second-order valence-electron chi connectivity index (χ2n) is 12.8. The molecule has 4 fully saturated rings. The molecule has 1 aromatic heterocycles. The van der Waals surface area contributed by atoms with Gasteiger partial charge in [-0.05, 0) is 117 Å². The van der Waals surface area contributed by atoms with E-state index in [2.05, 4.69) is 53.2 Å². The Morgan fingerprint density at radius 1 is 1.00 bits per heavy atom. The monoisotopic (exact) mass is 602 g/mol. The molecule has 4 saturated carbocycles. The van der Waals surface area contributed by atoms with Crippen LogP contribution in [0.1, 0.15) is 75.3 Å². The van der Waals surface area contributed by atoms with Crippen LogP contribution in [0.3, 0.4) is 0 Å². The number of thiazole rings is 1. The third-order valence-corrected chi connectivity index (χ3v) is 11.5. The summed E-state index contributed by atoms with van der Waals surface area (Å²) in [6, 6.07) is 15.1. The molecule has 4 aliphatic carbocycles. The fourth-order valence-corrected chi connectivity index (χ4v) is 8.56. The molecule has 1 heterocycles. The molecule has 3 aromatic rings. The number of nitrogens with zero attached hydrogens (tertiary/aromatic N) is 2. The van der Waals surface area contributed by atoms with Crippen molar-refractivity contribution in [3.8, 4) is 21.4 Å². The fraction of sp³-hybridized carbons (Fsp3) is 0.514. The van der Waals surface area contributed by atoms with Crippen molar-refractivity contribution in [2.75, 3.05) is 25.7 Å². The summed E-state index contributed by atoms with van der Waals surface area (Å²) in [5, 5.41) is 0.626. The first-order valence-corrected chi connectivity index (χ1v) is 16.4. The maximum absolute atomic E-state index is 14.4. The van der Waals surface area contributed by atoms with Crippen molar-refractivity contribution in [2.45, 2.75) is 82.7 Å². The van der Waals surface area contributed by atoms with Gasteiger partial charge < -0.3 is 19.1 Å². The number of fused-ring (bicyclic) bond motifs is 3. The van der Waals surface area contributed by atoms with Gasteiger partial charge in [0.15, 0.2) is 0 Å². The van der Waals surface area contributed by atoms with E-state index in [-0.39, 0.29) is 28.8 Å². The predicted molar refractivity (Wildman–Crippen MR) is 169 cm³/mol. The molecule has 43 heavy (non-hydrogen) atoms. The number of rotatable bonds is 10. The lowest BCUT2D eigenvalue weighted by molar-refractivity contribution is -0.136. The van der Waals surface area contributed by atoms with E-state index >= 15 is 0 Å². The SMILES string of the molecule is COc1ncc(-c2cccc(N(CC34CCC(c5ccc(OC)c(C)c5)(CC3)CC4)C(=O)[C@H]3CC[C@H](OC=O)CC3)c2)s1. The minimum absolute atomic E-state index is 0.0661. The van der Waals surface area contributed by atoms with E-state index in [1.165, 1.54) is 22.5 Å². The lowest BCUT2D eigenvalue weighted by atomic mass is 9.51. The smallest absolute Gasteiger partial charge is 0.293 e. The van der Waals surface area contributed by atoms with Gasteiger partial charge in [-0.15, -0.1) is 0 Å². The lowest BCUT2D eigenvalue weighted by Gasteiger charge is -2.55. The average molecular weight is 603 g/mol. The maximum Gasteiger partial charge on any atom is 0.293 e. The van der Waals surface area contributed by atoms with Gasteiger partial charge in [0.2, 0.25) is 5.91 Å². The zero-order valence-corrected chi connectivity index (χ0v) is 26.3. The van der Waals surface area contributed by atoms with Crippen LogP contribution in [0.25, 0.3) is 10.4 Å². The summed E-state index contributed by atoms with van der Waals surface area (Å²) in [6.07, 6.45) is 11.5. The zero-order chi connectivity index (χ0) is 30.0. The first-order chi connectivity index (χ1) is 20.9. The van der Waals surface area contributed by atoms with Gasteiger partial charge in [-0.1, -0.05) is 35.6 Å². The Labute approximate surface area is 258 Å². The number of carbonyl (C=O) groups is 2. The standard InChI is InChI=1S/C35H42N2O5S/c1-24-19-27(9-12-30(24)40-2)35-16-13-34(14-17-35,15-18-35)22-37(32(39)25-7-10-29(11-8-25)42-23-38)28-6-4-5-26(20-28)31-21-36-33(41-3)43-31/h4-6,9,12,19-21,23,25,29H,7-8,10-11,13-18,22H2,1-3H3/t25-,29-,34?,35?. The minimum atomic E-state index is -0.0790. The highest BCUT2D eigenvalue weighted by Gasteiger charge is 2.50. The molecular formula is C35H42N2O5S. The minimum Gasteiger partial charge on any atom is -0.496 e. The molecule has 0 atom stereocenters. The fourth-order valence-electron chi connectivity index (χ4n) is 7.83. The molecule has 1 amide bonds. The molecule has 0 unspecified atom stereocenters. The third-order valence-electron chi connectivity index (χ3n) is 10.5. The van der Waals surface area contributed by atoms with Gasteiger partial charge in [0.1, 0.15) is 11.9 Å². The summed E-state index contributed by atoms with van der Waals surface area (Å²) in [5.41, 5.74) is 4.95. The number of anilines is 1. The van der Waals surface area contributed by atoms with E-state index in [1.54, 1.807) is 14.2 Å². The Balaban J connectivity index is 1.25. The van der Waals surface area contributed by atoms with Gasteiger partial charge in [0.05, 0.1) is 19.1 Å². The van der Waals surface area contributed by atoms with Crippen molar-refractivity contribution in [2.24, 2.45) is 11.3 Å². The largest absolute Gasteiger partial charge is 0.496 e. The van der Waals surface area contributed by atoms with Crippen LogP contribution >= 0.6 is 11.3 Å². The van der Waals surface area contributed by atoms with Crippen molar-refractivity contribution in [3.05, 3.63) is 59.8 Å². The number of ether oxygens (including phenoxy) is 3. The van der Waals surface area contributed by atoms with Crippen molar-refractivity contribution in [3.63, 3.8) is 0 Å². The highest BCUT2D eigenvalue weighted by atomic mass is 32.1. The molecule has 0 saturated heterocycles. The highest BCUT2D eigenvalue weighted by Crippen LogP contribution is 2.58. The van der Waals surface area contributed by atoms with E-state index in [1.807, 2.05) is 12.3 Å². The molecule has 0 radical (unpaired) electrons. The molecular weight excluding hydrogens is 560 g/mol. The average Bonchev–Trinajstić information content (AvgIpc) is 3.55. The first-order valence-electron chi connectivity index (χ1n) is 15.5. The number of methoxy groups -OCH3 is 2. The van der Waals surface area contributed by atoms with Gasteiger partial charge in [0, 0.05) is 24.3 Å². The quantitative estimate of drug-likeness (QED) is 0.224. The number of aromatic nitrogens is 1. The number of hydrogen-bond donors (Lipinski definition) is 0. The molecule has 2 bridgehead atoms. The van der Waals surface area contributed by atoms with Crippen LogP contribution in [-0.2, 0) is 19.7 Å². The second kappa shape index (κ2) is 12.3. The number of carbonyl (C=O) groups excluding carboxylic acids is 2. The Bertz CT molecular complexity index is 1440. The van der Waals surface area contributed by atoms with Crippen LogP contribution in [0.5, 0.6) is 10.9 Å². The van der Waals surface area contributed by atoms with Crippen LogP contribution in [0.15, 0.2) is 48.7 Å². The molecule has 228 valence electrons. The summed E-state index contributed by atoms with van der Waals surface area (Å²) >= 11 is 1.51. The summed E-state index contributed by atoms with van der Waals surface area (Å²) in [5.74, 6) is 1.08.